The summed E-state index contributed by atoms with van der Waals surface area (Å²) in [6.07, 6.45) is 4.27. The lowest BCUT2D eigenvalue weighted by Gasteiger charge is -2.05. The van der Waals surface area contributed by atoms with Crippen LogP contribution in [-0.2, 0) is 0 Å². The molecule has 0 unspecified atom stereocenters. The predicted octanol–water partition coefficient (Wildman–Crippen LogP) is 5.21. The maximum atomic E-state index is 2.18. The van der Waals surface area contributed by atoms with Crippen LogP contribution in [0.1, 0.15) is 31.9 Å². The molecule has 0 aliphatic carbocycles. The quantitative estimate of drug-likeness (QED) is 0.609. The fourth-order valence-corrected chi connectivity index (χ4v) is 1.79. The highest BCUT2D eigenvalue weighted by atomic mass is 14.0. The zero-order chi connectivity index (χ0) is 12.0. The van der Waals surface area contributed by atoms with Crippen LogP contribution in [0.25, 0.3) is 16.8 Å². The Morgan fingerprint density at radius 3 is 2.31 bits per heavy atom. The summed E-state index contributed by atoms with van der Waals surface area (Å²) in [5, 5.41) is 2.65. The Kier molecular flexibility index (Phi) is 4.78. The molecule has 0 aliphatic rings. The zero-order valence-corrected chi connectivity index (χ0v) is 10.6. The monoisotopic (exact) mass is 212 g/mol. The van der Waals surface area contributed by atoms with Crippen molar-refractivity contribution in [1.82, 2.24) is 0 Å². The Morgan fingerprint density at radius 2 is 1.62 bits per heavy atom. The fourth-order valence-electron chi connectivity index (χ4n) is 1.79. The van der Waals surface area contributed by atoms with Crippen LogP contribution in [0.5, 0.6) is 0 Å². The summed E-state index contributed by atoms with van der Waals surface area (Å²) in [6.45, 7) is 8.21. The second-order valence-electron chi connectivity index (χ2n) is 3.52. The van der Waals surface area contributed by atoms with Gasteiger partial charge in [0, 0.05) is 0 Å². The molecule has 0 spiro atoms. The van der Waals surface area contributed by atoms with Gasteiger partial charge in [0.15, 0.2) is 0 Å². The van der Waals surface area contributed by atoms with E-state index in [4.69, 9.17) is 0 Å². The van der Waals surface area contributed by atoms with Gasteiger partial charge in [-0.2, -0.15) is 0 Å². The molecule has 0 aromatic heterocycles. The Bertz CT molecular complexity index is 478. The summed E-state index contributed by atoms with van der Waals surface area (Å²) in [4.78, 5) is 0. The number of aryl methyl sites for hydroxylation is 1. The third-order valence-corrected chi connectivity index (χ3v) is 2.52. The van der Waals surface area contributed by atoms with Gasteiger partial charge < -0.3 is 0 Å². The topological polar surface area (TPSA) is 0 Å². The van der Waals surface area contributed by atoms with Crippen molar-refractivity contribution in [3.05, 3.63) is 53.6 Å². The van der Waals surface area contributed by atoms with Crippen LogP contribution in [0.3, 0.4) is 0 Å². The van der Waals surface area contributed by atoms with E-state index in [1.807, 2.05) is 13.8 Å². The molecular formula is C16H20. The van der Waals surface area contributed by atoms with Gasteiger partial charge in [-0.25, -0.2) is 0 Å². The smallest absolute Gasteiger partial charge is 0.0109 e. The third kappa shape index (κ3) is 2.52. The number of allylic oxidation sites excluding steroid dienone is 1. The molecule has 0 N–H and O–H groups in total. The van der Waals surface area contributed by atoms with E-state index >= 15 is 0 Å². The summed E-state index contributed by atoms with van der Waals surface area (Å²) in [7, 11) is 0. The van der Waals surface area contributed by atoms with E-state index in [9.17, 15) is 0 Å². The van der Waals surface area contributed by atoms with E-state index in [0.717, 1.165) is 0 Å². The first-order chi connectivity index (χ1) is 7.83. The van der Waals surface area contributed by atoms with Crippen LogP contribution >= 0.6 is 0 Å². The second kappa shape index (κ2) is 6.12. The van der Waals surface area contributed by atoms with Crippen LogP contribution in [0, 0.1) is 6.92 Å². The summed E-state index contributed by atoms with van der Waals surface area (Å²) >= 11 is 0. The maximum absolute atomic E-state index is 2.18. The Labute approximate surface area is 98.6 Å². The largest absolute Gasteiger partial charge is 0.0870 e. The molecule has 0 amide bonds. The molecule has 0 aliphatic heterocycles. The first-order valence-electron chi connectivity index (χ1n) is 5.94. The van der Waals surface area contributed by atoms with Gasteiger partial charge in [0.05, 0.1) is 0 Å². The SMILES string of the molecule is C/C=C\c1c(C)ccc2ccccc12.CC. The number of hydrogen-bond donors (Lipinski definition) is 0. The van der Waals surface area contributed by atoms with Crippen molar-refractivity contribution in [2.24, 2.45) is 0 Å². The van der Waals surface area contributed by atoms with Crippen LogP contribution in [0.15, 0.2) is 42.5 Å². The first-order valence-corrected chi connectivity index (χ1v) is 5.94. The van der Waals surface area contributed by atoms with Gasteiger partial charge in [0.1, 0.15) is 0 Å². The average molecular weight is 212 g/mol. The molecule has 0 nitrogen and oxygen atoms in total. The van der Waals surface area contributed by atoms with Gasteiger partial charge in [-0.3, -0.25) is 0 Å². The van der Waals surface area contributed by atoms with E-state index in [-0.39, 0.29) is 0 Å². The van der Waals surface area contributed by atoms with Gasteiger partial charge in [-0.05, 0) is 35.7 Å². The van der Waals surface area contributed by atoms with E-state index in [0.29, 0.717) is 0 Å². The summed E-state index contributed by atoms with van der Waals surface area (Å²) < 4.78 is 0. The highest BCUT2D eigenvalue weighted by Gasteiger charge is 1.99. The number of fused-ring (bicyclic) bond motifs is 1. The molecule has 2 aromatic carbocycles. The molecular weight excluding hydrogens is 192 g/mol. The lowest BCUT2D eigenvalue weighted by atomic mass is 9.99. The minimum absolute atomic E-state index is 1.31. The minimum atomic E-state index is 1.31. The summed E-state index contributed by atoms with van der Waals surface area (Å²) in [6, 6.07) is 12.9. The molecule has 2 aromatic rings. The summed E-state index contributed by atoms with van der Waals surface area (Å²) in [5.41, 5.74) is 2.67. The molecule has 0 saturated heterocycles. The van der Waals surface area contributed by atoms with Crippen LogP contribution in [-0.4, -0.2) is 0 Å². The molecule has 2 rings (SSSR count). The van der Waals surface area contributed by atoms with Gasteiger partial charge in [-0.1, -0.05) is 62.4 Å². The van der Waals surface area contributed by atoms with Crippen molar-refractivity contribution in [2.75, 3.05) is 0 Å². The lowest BCUT2D eigenvalue weighted by molar-refractivity contribution is 1.47. The van der Waals surface area contributed by atoms with Crippen LogP contribution < -0.4 is 0 Å². The molecule has 0 fully saturated rings. The molecule has 16 heavy (non-hydrogen) atoms. The molecule has 0 heteroatoms. The molecule has 0 saturated carbocycles. The number of rotatable bonds is 1. The third-order valence-electron chi connectivity index (χ3n) is 2.52. The van der Waals surface area contributed by atoms with E-state index in [1.54, 1.807) is 0 Å². The van der Waals surface area contributed by atoms with Crippen molar-refractivity contribution in [3.63, 3.8) is 0 Å². The standard InChI is InChI=1S/C14H14.C2H6/c1-3-6-13-11(2)9-10-12-7-4-5-8-14(12)13;1-2/h3-10H,1-2H3;1-2H3/b6-3-;. The van der Waals surface area contributed by atoms with Gasteiger partial charge in [0.25, 0.3) is 0 Å². The molecule has 84 valence electrons. The van der Waals surface area contributed by atoms with Crippen LogP contribution in [0.2, 0.25) is 0 Å². The van der Waals surface area contributed by atoms with Gasteiger partial charge in [0.2, 0.25) is 0 Å². The highest BCUT2D eigenvalue weighted by Crippen LogP contribution is 2.23. The lowest BCUT2D eigenvalue weighted by Crippen LogP contribution is -1.83. The Balaban J connectivity index is 0.000000606. The summed E-state index contributed by atoms with van der Waals surface area (Å²) in [5.74, 6) is 0. The maximum Gasteiger partial charge on any atom is -0.0109 e. The van der Waals surface area contributed by atoms with Gasteiger partial charge in [-0.15, -0.1) is 0 Å². The molecule has 0 atom stereocenters. The van der Waals surface area contributed by atoms with Crippen molar-refractivity contribution >= 4 is 16.8 Å². The fraction of sp³-hybridized carbons (Fsp3) is 0.250. The molecule has 0 heterocycles. The zero-order valence-electron chi connectivity index (χ0n) is 10.6. The normalized spacial score (nSPS) is 10.2. The second-order valence-corrected chi connectivity index (χ2v) is 3.52. The van der Waals surface area contributed by atoms with Crippen molar-refractivity contribution in [3.8, 4) is 0 Å². The highest BCUT2D eigenvalue weighted by molar-refractivity contribution is 5.91. The van der Waals surface area contributed by atoms with E-state index < -0.39 is 0 Å². The molecule has 0 radical (unpaired) electrons. The first kappa shape index (κ1) is 12.5. The van der Waals surface area contributed by atoms with Crippen molar-refractivity contribution in [1.29, 1.82) is 0 Å². The molecule has 0 bridgehead atoms. The van der Waals surface area contributed by atoms with Crippen molar-refractivity contribution < 1.29 is 0 Å². The number of hydrogen-bond acceptors (Lipinski definition) is 0. The Hall–Kier alpha value is -1.56. The van der Waals surface area contributed by atoms with E-state index in [2.05, 4.69) is 62.4 Å². The minimum Gasteiger partial charge on any atom is -0.0870 e. The van der Waals surface area contributed by atoms with E-state index in [1.165, 1.54) is 21.9 Å². The van der Waals surface area contributed by atoms with Gasteiger partial charge >= 0.3 is 0 Å². The average Bonchev–Trinajstić information content (AvgIpc) is 2.35. The Morgan fingerprint density at radius 1 is 0.938 bits per heavy atom. The number of benzene rings is 2. The predicted molar refractivity (Wildman–Crippen MR) is 74.7 cm³/mol. The van der Waals surface area contributed by atoms with Crippen LogP contribution in [0.4, 0.5) is 0 Å². The van der Waals surface area contributed by atoms with Crippen molar-refractivity contribution in [2.45, 2.75) is 27.7 Å².